The highest BCUT2D eigenvalue weighted by atomic mass is 19.1. The molecule has 1 N–H and O–H groups in total. The number of nitrogens with zero attached hydrogens (tertiary/aromatic N) is 7. The number of ketones is 1. The Balaban J connectivity index is 1.37. The van der Waals surface area contributed by atoms with Crippen LogP contribution in [-0.2, 0) is 18.4 Å². The number of hydrogen-bond acceptors (Lipinski definition) is 6. The average molecular weight is 553 g/mol. The number of carbonyl (C=O) groups is 1. The summed E-state index contributed by atoms with van der Waals surface area (Å²) < 4.78 is 30.8. The van der Waals surface area contributed by atoms with Gasteiger partial charge in [-0.25, -0.2) is 23.9 Å². The first-order chi connectivity index (χ1) is 19.6. The van der Waals surface area contributed by atoms with E-state index in [-0.39, 0.29) is 29.0 Å². The number of hydrogen-bond donors (Lipinski definition) is 1. The van der Waals surface area contributed by atoms with Crippen molar-refractivity contribution in [3.63, 3.8) is 0 Å². The Labute approximate surface area is 233 Å². The van der Waals surface area contributed by atoms with E-state index in [1.165, 1.54) is 24.4 Å². The van der Waals surface area contributed by atoms with Gasteiger partial charge in [0.1, 0.15) is 11.5 Å². The van der Waals surface area contributed by atoms with Crippen molar-refractivity contribution in [2.45, 2.75) is 39.2 Å². The van der Waals surface area contributed by atoms with Crippen LogP contribution in [0.15, 0.2) is 73.3 Å². The van der Waals surface area contributed by atoms with Gasteiger partial charge in [0.25, 0.3) is 0 Å². The molecule has 0 fully saturated rings. The third-order valence-corrected chi connectivity index (χ3v) is 6.70. The molecule has 0 unspecified atom stereocenters. The first-order valence-corrected chi connectivity index (χ1v) is 13.0. The predicted octanol–water partition coefficient (Wildman–Crippen LogP) is 5.43. The average Bonchev–Trinajstić information content (AvgIpc) is 3.67. The minimum Gasteiger partial charge on any atom is -0.323 e. The van der Waals surface area contributed by atoms with Crippen LogP contribution < -0.4 is 0 Å². The Bertz CT molecular complexity index is 1880. The molecule has 0 aliphatic heterocycles. The third-order valence-electron chi connectivity index (χ3n) is 6.70. The Morgan fingerprint density at radius 2 is 1.80 bits per heavy atom. The molecule has 5 heterocycles. The van der Waals surface area contributed by atoms with E-state index in [0.717, 1.165) is 28.7 Å². The zero-order valence-electron chi connectivity index (χ0n) is 22.6. The third kappa shape index (κ3) is 5.38. The smallest absolute Gasteiger partial charge is 0.213 e. The lowest BCUT2D eigenvalue weighted by atomic mass is 9.92. The zero-order chi connectivity index (χ0) is 28.7. The maximum atomic E-state index is 13.7. The van der Waals surface area contributed by atoms with Crippen LogP contribution in [0.2, 0.25) is 0 Å². The van der Waals surface area contributed by atoms with Crippen LogP contribution in [0, 0.1) is 11.8 Å². The summed E-state index contributed by atoms with van der Waals surface area (Å²) in [6.07, 6.45) is 4.65. The molecule has 0 spiro atoms. The summed E-state index contributed by atoms with van der Waals surface area (Å²) in [5.41, 5.74) is 5.73. The highest BCUT2D eigenvalue weighted by Gasteiger charge is 2.21. The van der Waals surface area contributed by atoms with Crippen molar-refractivity contribution in [2.24, 2.45) is 0 Å². The molecule has 0 bridgehead atoms. The summed E-state index contributed by atoms with van der Waals surface area (Å²) in [4.78, 5) is 25.4. The standard InChI is InChI=1S/C30H26F2N8O/c1-30(2,3)25-14-22(36-37-25)15-39-17-34-28(18-4-6-20(31)7-5-18)29(39)23-8-9-27-35-21(16-40(27)38-23)13-24(41)19-10-11-33-26(32)12-19/h4-12,14,16-17H,13,15H2,1-3H3,(H,36,37). The van der Waals surface area contributed by atoms with Crippen LogP contribution in [0.5, 0.6) is 0 Å². The molecule has 206 valence electrons. The van der Waals surface area contributed by atoms with Gasteiger partial charge in [-0.15, -0.1) is 0 Å². The van der Waals surface area contributed by atoms with Gasteiger partial charge >= 0.3 is 0 Å². The molecule has 0 saturated heterocycles. The fourth-order valence-electron chi connectivity index (χ4n) is 4.59. The molecule has 0 amide bonds. The predicted molar refractivity (Wildman–Crippen MR) is 148 cm³/mol. The zero-order valence-corrected chi connectivity index (χ0v) is 22.6. The topological polar surface area (TPSA) is 107 Å². The van der Waals surface area contributed by atoms with Gasteiger partial charge in [0.05, 0.1) is 54.0 Å². The van der Waals surface area contributed by atoms with Crippen molar-refractivity contribution in [2.75, 3.05) is 0 Å². The monoisotopic (exact) mass is 552 g/mol. The molecular formula is C30H26F2N8O. The number of pyridine rings is 1. The first kappa shape index (κ1) is 26.2. The highest BCUT2D eigenvalue weighted by molar-refractivity contribution is 5.97. The van der Waals surface area contributed by atoms with Crippen LogP contribution in [-0.4, -0.2) is 45.1 Å². The number of benzene rings is 1. The number of aromatic amines is 1. The van der Waals surface area contributed by atoms with E-state index in [0.29, 0.717) is 29.3 Å². The van der Waals surface area contributed by atoms with Gasteiger partial charge in [-0.05, 0) is 48.5 Å². The van der Waals surface area contributed by atoms with Gasteiger partial charge in [-0.2, -0.15) is 14.6 Å². The molecule has 0 aliphatic carbocycles. The minimum atomic E-state index is -0.713. The molecule has 0 saturated carbocycles. The number of fused-ring (bicyclic) bond motifs is 1. The summed E-state index contributed by atoms with van der Waals surface area (Å²) >= 11 is 0. The van der Waals surface area contributed by atoms with Gasteiger partial charge in [0.2, 0.25) is 5.95 Å². The van der Waals surface area contributed by atoms with Crippen molar-refractivity contribution < 1.29 is 13.6 Å². The lowest BCUT2D eigenvalue weighted by molar-refractivity contribution is 0.0991. The largest absolute Gasteiger partial charge is 0.323 e. The number of carbonyl (C=O) groups excluding carboxylic acids is 1. The van der Waals surface area contributed by atoms with Crippen LogP contribution in [0.1, 0.15) is 48.2 Å². The van der Waals surface area contributed by atoms with Crippen LogP contribution in [0.25, 0.3) is 28.3 Å². The Morgan fingerprint density at radius 1 is 1.00 bits per heavy atom. The number of halogens is 2. The van der Waals surface area contributed by atoms with Crippen molar-refractivity contribution in [3.05, 3.63) is 108 Å². The summed E-state index contributed by atoms with van der Waals surface area (Å²) in [6.45, 7) is 6.76. The molecule has 0 radical (unpaired) electrons. The molecule has 0 atom stereocenters. The van der Waals surface area contributed by atoms with E-state index in [4.69, 9.17) is 5.10 Å². The summed E-state index contributed by atoms with van der Waals surface area (Å²) in [5, 5.41) is 12.4. The molecule has 11 heteroatoms. The molecule has 5 aromatic heterocycles. The summed E-state index contributed by atoms with van der Waals surface area (Å²) in [5.74, 6) is -1.33. The number of Topliss-reactive ketones (excluding diaryl/α,β-unsaturated/α-hetero) is 1. The van der Waals surface area contributed by atoms with Gasteiger partial charge in [-0.1, -0.05) is 20.8 Å². The van der Waals surface area contributed by atoms with E-state index < -0.39 is 5.95 Å². The molecule has 41 heavy (non-hydrogen) atoms. The number of aromatic nitrogens is 8. The van der Waals surface area contributed by atoms with Crippen LogP contribution in [0.3, 0.4) is 0 Å². The molecule has 6 rings (SSSR count). The molecule has 9 nitrogen and oxygen atoms in total. The molecule has 1 aromatic carbocycles. The quantitative estimate of drug-likeness (QED) is 0.209. The number of rotatable bonds is 7. The summed E-state index contributed by atoms with van der Waals surface area (Å²) in [7, 11) is 0. The Morgan fingerprint density at radius 3 is 2.54 bits per heavy atom. The van der Waals surface area contributed by atoms with Crippen LogP contribution >= 0.6 is 0 Å². The lowest BCUT2D eigenvalue weighted by Crippen LogP contribution is -2.11. The fourth-order valence-corrected chi connectivity index (χ4v) is 4.59. The van der Waals surface area contributed by atoms with Gasteiger partial charge < -0.3 is 4.57 Å². The SMILES string of the molecule is CC(C)(C)c1cc(Cn2cnc(-c3ccc(F)cc3)c2-c2ccc3nc(CC(=O)c4ccnc(F)c4)cn3n2)[nH]n1. The summed E-state index contributed by atoms with van der Waals surface area (Å²) in [6, 6.07) is 14.4. The van der Waals surface area contributed by atoms with Gasteiger partial charge in [-0.3, -0.25) is 9.89 Å². The van der Waals surface area contributed by atoms with E-state index in [2.05, 4.69) is 45.9 Å². The van der Waals surface area contributed by atoms with Gasteiger partial charge in [0, 0.05) is 28.8 Å². The van der Waals surface area contributed by atoms with Crippen molar-refractivity contribution in [1.82, 2.24) is 39.3 Å². The molecular weight excluding hydrogens is 526 g/mol. The minimum absolute atomic E-state index is 0.0170. The van der Waals surface area contributed by atoms with Crippen molar-refractivity contribution in [1.29, 1.82) is 0 Å². The maximum Gasteiger partial charge on any atom is 0.213 e. The second-order valence-corrected chi connectivity index (χ2v) is 10.8. The second-order valence-electron chi connectivity index (χ2n) is 10.8. The molecule has 0 aliphatic rings. The van der Waals surface area contributed by atoms with Crippen molar-refractivity contribution >= 4 is 11.4 Å². The van der Waals surface area contributed by atoms with Crippen LogP contribution in [0.4, 0.5) is 8.78 Å². The van der Waals surface area contributed by atoms with Gasteiger partial charge in [0.15, 0.2) is 11.4 Å². The first-order valence-electron chi connectivity index (χ1n) is 13.0. The van der Waals surface area contributed by atoms with E-state index >= 15 is 0 Å². The lowest BCUT2D eigenvalue weighted by Gasteiger charge is -2.13. The van der Waals surface area contributed by atoms with E-state index in [9.17, 15) is 13.6 Å². The number of H-pyrrole nitrogens is 1. The normalized spacial score (nSPS) is 11.8. The fraction of sp³-hybridized carbons (Fsp3) is 0.200. The molecule has 6 aromatic rings. The Kier molecular flexibility index (Phi) is 6.49. The van der Waals surface area contributed by atoms with E-state index in [1.54, 1.807) is 29.2 Å². The number of nitrogens with one attached hydrogen (secondary N) is 1. The van der Waals surface area contributed by atoms with E-state index in [1.807, 2.05) is 22.8 Å². The highest BCUT2D eigenvalue weighted by Crippen LogP contribution is 2.31. The van der Waals surface area contributed by atoms with Crippen molar-refractivity contribution in [3.8, 4) is 22.6 Å². The maximum absolute atomic E-state index is 13.7. The number of imidazole rings is 2. The Hall–Kier alpha value is -5.06. The second kappa shape index (κ2) is 10.2.